The van der Waals surface area contributed by atoms with E-state index in [9.17, 15) is 14.7 Å². The molecule has 1 aliphatic heterocycles. The number of nitrogens with one attached hydrogen (secondary N) is 1. The third-order valence-electron chi connectivity index (χ3n) is 6.47. The molecule has 1 saturated heterocycles. The van der Waals surface area contributed by atoms with E-state index in [-0.39, 0.29) is 17.4 Å². The number of piperidine rings is 1. The number of amides is 1. The standard InChI is InChI=1S/C21H30N2O4/c1-14-6-7-16(20(25)26)10-17(14)11-22-19(24)13-23-9-8-21(27,15(2)12-23)18-4-3-5-18/h6-7,10,15,18,27H,3-5,8-9,11-13H2,1-2H3,(H,22,24)(H,25,26)/t15-,21+/m1/s1. The van der Waals surface area contributed by atoms with Crippen molar-refractivity contribution >= 4 is 11.9 Å². The highest BCUT2D eigenvalue weighted by Gasteiger charge is 2.46. The fraction of sp³-hybridized carbons (Fsp3) is 0.619. The predicted molar refractivity (Wildman–Crippen MR) is 102 cm³/mol. The van der Waals surface area contributed by atoms with Crippen LogP contribution in [0, 0.1) is 18.8 Å². The summed E-state index contributed by atoms with van der Waals surface area (Å²) in [4.78, 5) is 25.6. The summed E-state index contributed by atoms with van der Waals surface area (Å²) in [5, 5.41) is 23.0. The van der Waals surface area contributed by atoms with Crippen LogP contribution >= 0.6 is 0 Å². The average Bonchev–Trinajstić information content (AvgIpc) is 2.56. The van der Waals surface area contributed by atoms with Crippen LogP contribution < -0.4 is 5.32 Å². The molecule has 2 atom stereocenters. The van der Waals surface area contributed by atoms with Gasteiger partial charge in [-0.25, -0.2) is 4.79 Å². The van der Waals surface area contributed by atoms with Crippen LogP contribution in [0.3, 0.4) is 0 Å². The van der Waals surface area contributed by atoms with Gasteiger partial charge >= 0.3 is 5.97 Å². The SMILES string of the molecule is Cc1ccc(C(=O)O)cc1CNC(=O)CN1CC[C@@](O)(C2CCC2)[C@H](C)C1. The number of aromatic carboxylic acids is 1. The van der Waals surface area contributed by atoms with E-state index in [1.807, 2.05) is 6.92 Å². The van der Waals surface area contributed by atoms with Crippen LogP contribution in [0.25, 0.3) is 0 Å². The van der Waals surface area contributed by atoms with Crippen molar-refractivity contribution in [1.82, 2.24) is 10.2 Å². The van der Waals surface area contributed by atoms with E-state index in [4.69, 9.17) is 5.11 Å². The van der Waals surface area contributed by atoms with Crippen molar-refractivity contribution in [2.24, 2.45) is 11.8 Å². The first-order valence-corrected chi connectivity index (χ1v) is 9.84. The van der Waals surface area contributed by atoms with E-state index >= 15 is 0 Å². The Morgan fingerprint density at radius 3 is 2.67 bits per heavy atom. The van der Waals surface area contributed by atoms with Crippen LogP contribution in [0.1, 0.15) is 54.1 Å². The molecule has 1 amide bonds. The van der Waals surface area contributed by atoms with Crippen molar-refractivity contribution in [3.05, 3.63) is 34.9 Å². The van der Waals surface area contributed by atoms with Crippen molar-refractivity contribution in [3.8, 4) is 0 Å². The van der Waals surface area contributed by atoms with Gasteiger partial charge in [0.2, 0.25) is 5.91 Å². The molecule has 1 saturated carbocycles. The van der Waals surface area contributed by atoms with E-state index in [1.54, 1.807) is 18.2 Å². The first-order valence-electron chi connectivity index (χ1n) is 9.84. The summed E-state index contributed by atoms with van der Waals surface area (Å²) in [6.45, 7) is 6.08. The first kappa shape index (κ1) is 19.8. The van der Waals surface area contributed by atoms with Crippen LogP contribution in [0.2, 0.25) is 0 Å². The molecule has 0 bridgehead atoms. The van der Waals surface area contributed by atoms with Gasteiger partial charge in [0, 0.05) is 19.6 Å². The van der Waals surface area contributed by atoms with Gasteiger partial charge in [-0.15, -0.1) is 0 Å². The summed E-state index contributed by atoms with van der Waals surface area (Å²) in [5.41, 5.74) is 1.43. The van der Waals surface area contributed by atoms with E-state index in [0.717, 1.165) is 43.5 Å². The number of carboxylic acid groups (broad SMARTS) is 1. The molecule has 0 unspecified atom stereocenters. The van der Waals surface area contributed by atoms with Gasteiger partial charge < -0.3 is 15.5 Å². The number of benzene rings is 1. The number of hydrogen-bond donors (Lipinski definition) is 3. The Kier molecular flexibility index (Phi) is 5.86. The Labute approximate surface area is 160 Å². The zero-order valence-corrected chi connectivity index (χ0v) is 16.2. The average molecular weight is 374 g/mol. The molecule has 1 aliphatic carbocycles. The number of carbonyl (C=O) groups is 2. The predicted octanol–water partition coefficient (Wildman–Crippen LogP) is 2.18. The lowest BCUT2D eigenvalue weighted by Crippen LogP contribution is -2.57. The molecule has 148 valence electrons. The molecule has 0 spiro atoms. The first-order chi connectivity index (χ1) is 12.8. The van der Waals surface area contributed by atoms with Crippen LogP contribution in [0.5, 0.6) is 0 Å². The smallest absolute Gasteiger partial charge is 0.335 e. The third-order valence-corrected chi connectivity index (χ3v) is 6.47. The van der Waals surface area contributed by atoms with Crippen molar-refractivity contribution in [3.63, 3.8) is 0 Å². The van der Waals surface area contributed by atoms with Crippen molar-refractivity contribution in [1.29, 1.82) is 0 Å². The molecule has 2 aliphatic rings. The van der Waals surface area contributed by atoms with Crippen LogP contribution in [0.15, 0.2) is 18.2 Å². The summed E-state index contributed by atoms with van der Waals surface area (Å²) in [5.74, 6) is -0.452. The van der Waals surface area contributed by atoms with Gasteiger partial charge in [-0.3, -0.25) is 9.69 Å². The Balaban J connectivity index is 1.50. The maximum absolute atomic E-state index is 12.4. The molecule has 3 rings (SSSR count). The fourth-order valence-electron chi connectivity index (χ4n) is 4.33. The monoisotopic (exact) mass is 374 g/mol. The largest absolute Gasteiger partial charge is 0.478 e. The molecular weight excluding hydrogens is 344 g/mol. The van der Waals surface area contributed by atoms with Gasteiger partial charge in [-0.05, 0) is 61.3 Å². The molecule has 27 heavy (non-hydrogen) atoms. The van der Waals surface area contributed by atoms with Gasteiger partial charge in [0.25, 0.3) is 0 Å². The zero-order valence-electron chi connectivity index (χ0n) is 16.2. The highest BCUT2D eigenvalue weighted by atomic mass is 16.4. The minimum Gasteiger partial charge on any atom is -0.478 e. The van der Waals surface area contributed by atoms with Crippen LogP contribution in [-0.2, 0) is 11.3 Å². The highest BCUT2D eigenvalue weighted by molar-refractivity contribution is 5.88. The maximum atomic E-state index is 12.4. The molecule has 1 aromatic rings. The number of carboxylic acids is 1. The lowest BCUT2D eigenvalue weighted by Gasteiger charge is -2.50. The molecule has 0 radical (unpaired) electrons. The Bertz CT molecular complexity index is 716. The van der Waals surface area contributed by atoms with Crippen LogP contribution in [-0.4, -0.2) is 52.2 Å². The molecule has 2 fully saturated rings. The number of nitrogens with zero attached hydrogens (tertiary/aromatic N) is 1. The normalized spacial score (nSPS) is 26.4. The van der Waals surface area contributed by atoms with E-state index < -0.39 is 11.6 Å². The second-order valence-corrected chi connectivity index (χ2v) is 8.23. The minimum atomic E-state index is -0.969. The number of likely N-dealkylation sites (tertiary alicyclic amines) is 1. The number of aryl methyl sites for hydroxylation is 1. The molecular formula is C21H30N2O4. The number of aliphatic hydroxyl groups is 1. The molecule has 6 nitrogen and oxygen atoms in total. The fourth-order valence-corrected chi connectivity index (χ4v) is 4.33. The van der Waals surface area contributed by atoms with Crippen molar-refractivity contribution in [2.45, 2.75) is 51.7 Å². The number of rotatable bonds is 6. The Morgan fingerprint density at radius 2 is 2.07 bits per heavy atom. The maximum Gasteiger partial charge on any atom is 0.335 e. The summed E-state index contributed by atoms with van der Waals surface area (Å²) in [6, 6.07) is 4.94. The van der Waals surface area contributed by atoms with Crippen molar-refractivity contribution in [2.75, 3.05) is 19.6 Å². The zero-order chi connectivity index (χ0) is 19.6. The lowest BCUT2D eigenvalue weighted by molar-refractivity contribution is -0.136. The van der Waals surface area contributed by atoms with Gasteiger partial charge in [0.15, 0.2) is 0 Å². The molecule has 3 N–H and O–H groups in total. The quantitative estimate of drug-likeness (QED) is 0.710. The van der Waals surface area contributed by atoms with Crippen molar-refractivity contribution < 1.29 is 19.8 Å². The highest BCUT2D eigenvalue weighted by Crippen LogP contribution is 2.44. The van der Waals surface area contributed by atoms with Gasteiger partial charge in [0.05, 0.1) is 17.7 Å². The van der Waals surface area contributed by atoms with Crippen LogP contribution in [0.4, 0.5) is 0 Å². The summed E-state index contributed by atoms with van der Waals surface area (Å²) >= 11 is 0. The van der Waals surface area contributed by atoms with Gasteiger partial charge in [-0.2, -0.15) is 0 Å². The minimum absolute atomic E-state index is 0.0728. The summed E-state index contributed by atoms with van der Waals surface area (Å²) in [7, 11) is 0. The second kappa shape index (κ2) is 7.98. The molecule has 1 heterocycles. The molecule has 0 aromatic heterocycles. The topological polar surface area (TPSA) is 89.9 Å². The number of carbonyl (C=O) groups excluding carboxylic acids is 1. The number of hydrogen-bond acceptors (Lipinski definition) is 4. The van der Waals surface area contributed by atoms with Gasteiger partial charge in [0.1, 0.15) is 0 Å². The lowest BCUT2D eigenvalue weighted by atomic mass is 9.65. The molecule has 1 aromatic carbocycles. The van der Waals surface area contributed by atoms with E-state index in [2.05, 4.69) is 17.1 Å². The van der Waals surface area contributed by atoms with Gasteiger partial charge in [-0.1, -0.05) is 19.4 Å². The second-order valence-electron chi connectivity index (χ2n) is 8.23. The summed E-state index contributed by atoms with van der Waals surface area (Å²) < 4.78 is 0. The van der Waals surface area contributed by atoms with E-state index in [1.165, 1.54) is 6.42 Å². The summed E-state index contributed by atoms with van der Waals surface area (Å²) in [6.07, 6.45) is 4.19. The van der Waals surface area contributed by atoms with E-state index in [0.29, 0.717) is 19.0 Å². The third kappa shape index (κ3) is 4.33. The molecule has 6 heteroatoms. The Morgan fingerprint density at radius 1 is 1.33 bits per heavy atom. The Hall–Kier alpha value is -1.92.